The lowest BCUT2D eigenvalue weighted by molar-refractivity contribution is -0.137. The summed E-state index contributed by atoms with van der Waals surface area (Å²) in [5.74, 6) is -1.78. The minimum absolute atomic E-state index is 0.0278. The number of aliphatic hydroxyl groups excluding tert-OH is 3. The second kappa shape index (κ2) is 27.8. The van der Waals surface area contributed by atoms with Crippen molar-refractivity contribution in [3.05, 3.63) is 12.7 Å². The van der Waals surface area contributed by atoms with E-state index in [0.29, 0.717) is 6.42 Å². The van der Waals surface area contributed by atoms with Crippen LogP contribution in [-0.4, -0.2) is 134 Å². The van der Waals surface area contributed by atoms with E-state index in [1.807, 2.05) is 0 Å². The Morgan fingerprint density at radius 1 is 0.910 bits per heavy atom. The van der Waals surface area contributed by atoms with Crippen molar-refractivity contribution >= 4 is 69.1 Å². The van der Waals surface area contributed by atoms with Crippen LogP contribution in [0, 0.1) is 11.3 Å². The molecule has 2 aromatic heterocycles. The first-order valence-corrected chi connectivity index (χ1v) is 27.6. The van der Waals surface area contributed by atoms with Gasteiger partial charge in [-0.05, 0) is 6.42 Å². The molecule has 1 aliphatic rings. The Bertz CT molecular complexity index is 2030. The first kappa shape index (κ1) is 58.8. The van der Waals surface area contributed by atoms with E-state index in [1.165, 1.54) is 65.2 Å². The number of thioether (sulfide) groups is 1. The van der Waals surface area contributed by atoms with Crippen LogP contribution in [0.1, 0.15) is 117 Å². The highest BCUT2D eigenvalue weighted by Crippen LogP contribution is 2.61. The maximum Gasteiger partial charge on any atom is 0.481 e. The highest BCUT2D eigenvalue weighted by Gasteiger charge is 2.50. The van der Waals surface area contributed by atoms with Gasteiger partial charge < -0.3 is 56.0 Å². The SMILES string of the molecule is CCCCCCCCCCCCC[C@@H](O)[C@H](C)C(=O)SCCNC(=O)CCNC(=O)[C@H](O)C(C)(C)COP(=O)(O)OP(=O)(O)OC[C@H]1O[C@@H](n2cnc3c(N)ncnc32)[C@H](O)[C@@H]1OP(=O)(O)O. The predicted molar refractivity (Wildman–Crippen MR) is 243 cm³/mol. The molecular weight excluding hydrogens is 967 g/mol. The number of hydrogen-bond acceptors (Lipinski definition) is 19. The van der Waals surface area contributed by atoms with Gasteiger partial charge in [0.25, 0.3) is 0 Å². The normalized spacial score (nSPS) is 21.1. The van der Waals surface area contributed by atoms with Gasteiger partial charge in [0.15, 0.2) is 22.8 Å². The van der Waals surface area contributed by atoms with Gasteiger partial charge in [-0.25, -0.2) is 28.6 Å². The number of nitrogens with two attached hydrogens (primary N) is 1. The molecule has 1 saturated heterocycles. The molecular formula is C38H68N7O18P3S. The first-order valence-electron chi connectivity index (χ1n) is 22.1. The summed E-state index contributed by atoms with van der Waals surface area (Å²) in [5.41, 5.74) is 4.25. The topological polar surface area (TPSA) is 384 Å². The van der Waals surface area contributed by atoms with Crippen LogP contribution in [0.5, 0.6) is 0 Å². The number of hydrogen-bond donors (Lipinski definition) is 10. The zero-order valence-electron chi connectivity index (χ0n) is 38.2. The molecule has 0 saturated carbocycles. The van der Waals surface area contributed by atoms with Gasteiger partial charge in [0.1, 0.15) is 36.3 Å². The van der Waals surface area contributed by atoms with Gasteiger partial charge >= 0.3 is 23.5 Å². The number of aliphatic hydroxyl groups is 3. The minimum Gasteiger partial charge on any atom is -0.392 e. The third-order valence-electron chi connectivity index (χ3n) is 10.8. The van der Waals surface area contributed by atoms with E-state index >= 15 is 0 Å². The Morgan fingerprint density at radius 2 is 1.52 bits per heavy atom. The van der Waals surface area contributed by atoms with Crippen LogP contribution in [0.15, 0.2) is 12.7 Å². The van der Waals surface area contributed by atoms with Crippen LogP contribution < -0.4 is 16.4 Å². The number of ether oxygens (including phenoxy) is 1. The number of carbonyl (C=O) groups excluding carboxylic acids is 3. The third-order valence-corrected chi connectivity index (χ3v) is 15.0. The van der Waals surface area contributed by atoms with Crippen LogP contribution in [0.4, 0.5) is 5.82 Å². The Balaban J connectivity index is 1.35. The maximum absolute atomic E-state index is 12.7. The summed E-state index contributed by atoms with van der Waals surface area (Å²) in [5, 5.41) is 36.9. The van der Waals surface area contributed by atoms with Crippen molar-refractivity contribution in [1.82, 2.24) is 30.2 Å². The Labute approximate surface area is 393 Å². The second-order valence-electron chi connectivity index (χ2n) is 16.9. The Morgan fingerprint density at radius 3 is 2.15 bits per heavy atom. The summed E-state index contributed by atoms with van der Waals surface area (Å²) in [6.45, 7) is 4.29. The van der Waals surface area contributed by atoms with Crippen molar-refractivity contribution in [2.45, 2.75) is 148 Å². The summed E-state index contributed by atoms with van der Waals surface area (Å²) in [6, 6.07) is 0. The summed E-state index contributed by atoms with van der Waals surface area (Å²) in [6.07, 6.45) is 5.92. The number of imidazole rings is 1. The average molecular weight is 1040 g/mol. The van der Waals surface area contributed by atoms with Crippen LogP contribution in [-0.2, 0) is 50.7 Å². The largest absolute Gasteiger partial charge is 0.481 e. The molecule has 29 heteroatoms. The van der Waals surface area contributed by atoms with Crippen molar-refractivity contribution in [1.29, 1.82) is 0 Å². The standard InChI is InChI=1S/C38H68N7O18P3S/c1-5-6-7-8-9-10-11-12-13-14-15-16-26(46)25(2)37(51)67-20-19-40-28(47)17-18-41-35(50)32(49)38(3,4)22-60-66(57,58)63-65(55,56)59-21-27-31(62-64(52,53)54)30(48)36(61-27)45-24-44-29-33(39)42-23-43-34(29)45/h23-27,30-32,36,46,48-49H,5-22H2,1-4H3,(H,40,47)(H,41,50)(H,55,56)(H,57,58)(H2,39,42,43)(H2,52,53,54)/t25-,26+,27+,30+,31+,32-,36+/m0/s1. The maximum atomic E-state index is 12.7. The monoisotopic (exact) mass is 1040 g/mol. The van der Waals surface area contributed by atoms with E-state index < -0.39 is 96.6 Å². The molecule has 2 aromatic rings. The quantitative estimate of drug-likeness (QED) is 0.0362. The van der Waals surface area contributed by atoms with E-state index in [0.717, 1.165) is 48.2 Å². The fourth-order valence-corrected chi connectivity index (χ4v) is 10.5. The highest BCUT2D eigenvalue weighted by molar-refractivity contribution is 8.13. The Kier molecular flexibility index (Phi) is 24.4. The number of phosphoric acid groups is 3. The van der Waals surface area contributed by atoms with Gasteiger partial charge in [0.05, 0.1) is 31.6 Å². The smallest absolute Gasteiger partial charge is 0.392 e. The van der Waals surface area contributed by atoms with E-state index in [1.54, 1.807) is 6.92 Å². The fraction of sp³-hybridized carbons (Fsp3) is 0.789. The van der Waals surface area contributed by atoms with Crippen LogP contribution in [0.25, 0.3) is 11.2 Å². The molecule has 25 nitrogen and oxygen atoms in total. The number of amides is 2. The summed E-state index contributed by atoms with van der Waals surface area (Å²) >= 11 is 1.01. The molecule has 384 valence electrons. The van der Waals surface area contributed by atoms with Gasteiger partial charge in [0.2, 0.25) is 11.8 Å². The molecule has 2 amide bonds. The van der Waals surface area contributed by atoms with Crippen LogP contribution >= 0.6 is 35.2 Å². The molecule has 1 aliphatic heterocycles. The molecule has 0 spiro atoms. The van der Waals surface area contributed by atoms with Crippen molar-refractivity contribution < 1.29 is 85.6 Å². The summed E-state index contributed by atoms with van der Waals surface area (Å²) < 4.78 is 62.4. The molecule has 2 unspecified atom stereocenters. The van der Waals surface area contributed by atoms with Crippen molar-refractivity contribution in [3.63, 3.8) is 0 Å². The lowest BCUT2D eigenvalue weighted by atomic mass is 9.87. The van der Waals surface area contributed by atoms with Gasteiger partial charge in [-0.2, -0.15) is 4.31 Å². The number of rotatable bonds is 33. The molecule has 1 fully saturated rings. The molecule has 67 heavy (non-hydrogen) atoms. The van der Waals surface area contributed by atoms with E-state index in [2.05, 4.69) is 41.3 Å². The van der Waals surface area contributed by atoms with Gasteiger partial charge in [-0.15, -0.1) is 0 Å². The zero-order chi connectivity index (χ0) is 50.0. The number of carbonyl (C=O) groups is 3. The van der Waals surface area contributed by atoms with Gasteiger partial charge in [-0.1, -0.05) is 110 Å². The van der Waals surface area contributed by atoms with Crippen molar-refractivity contribution in [3.8, 4) is 0 Å². The fourth-order valence-electron chi connectivity index (χ4n) is 6.84. The molecule has 3 heterocycles. The summed E-state index contributed by atoms with van der Waals surface area (Å²) in [4.78, 5) is 88.8. The molecule has 0 aliphatic carbocycles. The number of nitrogens with zero attached hydrogens (tertiary/aromatic N) is 4. The molecule has 0 aromatic carbocycles. The third kappa shape index (κ3) is 20.4. The van der Waals surface area contributed by atoms with Crippen LogP contribution in [0.3, 0.4) is 0 Å². The minimum atomic E-state index is -5.59. The molecule has 0 radical (unpaired) electrons. The van der Waals surface area contributed by atoms with Crippen molar-refractivity contribution in [2.24, 2.45) is 11.3 Å². The second-order valence-corrected chi connectivity index (χ2v) is 22.3. The van der Waals surface area contributed by atoms with Crippen LogP contribution in [0.2, 0.25) is 0 Å². The summed E-state index contributed by atoms with van der Waals surface area (Å²) in [7, 11) is -16.4. The lowest BCUT2D eigenvalue weighted by Gasteiger charge is -2.30. The van der Waals surface area contributed by atoms with E-state index in [4.69, 9.17) is 19.5 Å². The lowest BCUT2D eigenvalue weighted by Crippen LogP contribution is -2.46. The Hall–Kier alpha value is -2.48. The first-order chi connectivity index (χ1) is 31.4. The van der Waals surface area contributed by atoms with Gasteiger partial charge in [0, 0.05) is 30.7 Å². The van der Waals surface area contributed by atoms with E-state index in [9.17, 15) is 63.0 Å². The predicted octanol–water partition coefficient (Wildman–Crippen LogP) is 3.36. The molecule has 0 bridgehead atoms. The number of nitrogens with one attached hydrogen (secondary N) is 2. The average Bonchev–Trinajstić information content (AvgIpc) is 3.81. The highest BCUT2D eigenvalue weighted by atomic mass is 32.2. The number of unbranched alkanes of at least 4 members (excludes halogenated alkanes) is 10. The number of nitrogen functional groups attached to an aromatic ring is 1. The van der Waals surface area contributed by atoms with E-state index in [-0.39, 0.29) is 47.4 Å². The number of fused-ring (bicyclic) bond motifs is 1. The number of anilines is 1. The molecule has 11 N–H and O–H groups in total. The van der Waals surface area contributed by atoms with Crippen molar-refractivity contribution in [2.75, 3.05) is 37.8 Å². The zero-order valence-corrected chi connectivity index (χ0v) is 41.7. The number of phosphoric ester groups is 3. The van der Waals surface area contributed by atoms with Gasteiger partial charge in [-0.3, -0.25) is 32.5 Å². The molecule has 3 rings (SSSR count). The number of aromatic nitrogens is 4. The molecule has 9 atom stereocenters.